The highest BCUT2D eigenvalue weighted by molar-refractivity contribution is 5.87. The molecule has 0 bridgehead atoms. The number of nitrogens with zero attached hydrogens (tertiary/aromatic N) is 6. The first kappa shape index (κ1) is 16.6. The second kappa shape index (κ2) is 6.25. The van der Waals surface area contributed by atoms with Crippen LogP contribution in [0.15, 0.2) is 30.5 Å². The monoisotopic (exact) mass is 380 g/mol. The summed E-state index contributed by atoms with van der Waals surface area (Å²) in [5, 5.41) is 34.7. The average Bonchev–Trinajstić information content (AvgIpc) is 3.38. The van der Waals surface area contributed by atoms with Crippen LogP contribution in [0.25, 0.3) is 22.1 Å². The fourth-order valence-electron chi connectivity index (χ4n) is 3.29. The van der Waals surface area contributed by atoms with Crippen molar-refractivity contribution in [2.45, 2.75) is 38.3 Å². The zero-order valence-electron chi connectivity index (χ0n) is 15.2. The summed E-state index contributed by atoms with van der Waals surface area (Å²) in [5.41, 5.74) is 3.24. The summed E-state index contributed by atoms with van der Waals surface area (Å²) in [4.78, 5) is 10.7. The molecule has 0 spiro atoms. The van der Waals surface area contributed by atoms with E-state index in [4.69, 9.17) is 0 Å². The van der Waals surface area contributed by atoms with Crippen molar-refractivity contribution < 1.29 is 10.4 Å². The van der Waals surface area contributed by atoms with Gasteiger partial charge in [0.05, 0.1) is 0 Å². The molecule has 0 saturated heterocycles. The van der Waals surface area contributed by atoms with Crippen molar-refractivity contribution in [3.05, 3.63) is 36.2 Å². The lowest BCUT2D eigenvalue weighted by Gasteiger charge is -2.13. The Morgan fingerprint density at radius 3 is 2.61 bits per heavy atom. The van der Waals surface area contributed by atoms with E-state index in [1.807, 2.05) is 19.1 Å². The van der Waals surface area contributed by atoms with Crippen LogP contribution in [0.3, 0.4) is 0 Å². The molecular weight excluding hydrogens is 360 g/mol. The van der Waals surface area contributed by atoms with Crippen molar-refractivity contribution in [2.24, 2.45) is 0 Å². The van der Waals surface area contributed by atoms with E-state index in [1.165, 1.54) is 0 Å². The third-order valence-corrected chi connectivity index (χ3v) is 4.80. The standard InChI is InChI=1S/C18H20N8O2/c1-10(20-17-15-13(25(27)23-17)3-2-8-19-15)9-12-6-7-14-16(21-12)18(24-26(14)28)22-11-4-5-11/h2-3,6-8,10-11,27-28H,4-5,9H2,1H3,(H,20,23)(H,22,24). The molecule has 1 aliphatic carbocycles. The fraction of sp³-hybridized carbons (Fsp3) is 0.333. The van der Waals surface area contributed by atoms with Crippen LogP contribution in [0, 0.1) is 0 Å². The Morgan fingerprint density at radius 1 is 1.07 bits per heavy atom. The third-order valence-electron chi connectivity index (χ3n) is 4.80. The van der Waals surface area contributed by atoms with Gasteiger partial charge >= 0.3 is 0 Å². The molecule has 10 heteroatoms. The van der Waals surface area contributed by atoms with Crippen LogP contribution in [-0.2, 0) is 6.42 Å². The maximum atomic E-state index is 9.97. The first-order valence-electron chi connectivity index (χ1n) is 9.22. The lowest BCUT2D eigenvalue weighted by molar-refractivity contribution is 0.162. The van der Waals surface area contributed by atoms with Gasteiger partial charge in [0.1, 0.15) is 22.1 Å². The Labute approximate surface area is 159 Å². The number of hydrogen-bond donors (Lipinski definition) is 4. The number of pyridine rings is 2. The lowest BCUT2D eigenvalue weighted by atomic mass is 10.1. The molecular formula is C18H20N8O2. The summed E-state index contributed by atoms with van der Waals surface area (Å²) < 4.78 is 0. The van der Waals surface area contributed by atoms with Crippen LogP contribution in [0.2, 0.25) is 0 Å². The van der Waals surface area contributed by atoms with Crippen molar-refractivity contribution in [3.63, 3.8) is 0 Å². The summed E-state index contributed by atoms with van der Waals surface area (Å²) in [5.74, 6) is 1.13. The molecule has 4 N–H and O–H groups in total. The van der Waals surface area contributed by atoms with Gasteiger partial charge in [-0.2, -0.15) is 0 Å². The molecule has 1 unspecified atom stereocenters. The molecule has 144 valence electrons. The molecule has 1 fully saturated rings. The molecule has 4 aromatic heterocycles. The van der Waals surface area contributed by atoms with Crippen LogP contribution < -0.4 is 10.6 Å². The van der Waals surface area contributed by atoms with E-state index in [9.17, 15) is 10.4 Å². The number of aromatic nitrogens is 6. The van der Waals surface area contributed by atoms with Gasteiger partial charge in [0.2, 0.25) is 0 Å². The molecule has 0 amide bonds. The highest BCUT2D eigenvalue weighted by Gasteiger charge is 2.24. The molecule has 1 atom stereocenters. The van der Waals surface area contributed by atoms with E-state index < -0.39 is 0 Å². The highest BCUT2D eigenvalue weighted by atomic mass is 16.5. The van der Waals surface area contributed by atoms with E-state index in [0.29, 0.717) is 46.2 Å². The van der Waals surface area contributed by atoms with E-state index >= 15 is 0 Å². The number of rotatable bonds is 6. The normalized spacial score (nSPS) is 15.2. The summed E-state index contributed by atoms with van der Waals surface area (Å²) >= 11 is 0. The summed E-state index contributed by atoms with van der Waals surface area (Å²) in [6.07, 6.45) is 4.51. The van der Waals surface area contributed by atoms with Crippen molar-refractivity contribution in [3.8, 4) is 0 Å². The molecule has 0 aromatic carbocycles. The molecule has 10 nitrogen and oxygen atoms in total. The van der Waals surface area contributed by atoms with Crippen LogP contribution in [0.1, 0.15) is 25.5 Å². The maximum absolute atomic E-state index is 9.97. The van der Waals surface area contributed by atoms with Gasteiger partial charge in [-0.15, -0.1) is 10.2 Å². The zero-order valence-corrected chi connectivity index (χ0v) is 15.2. The molecule has 1 aliphatic rings. The Bertz CT molecular complexity index is 1160. The molecule has 0 radical (unpaired) electrons. The summed E-state index contributed by atoms with van der Waals surface area (Å²) in [6.45, 7) is 2.01. The smallest absolute Gasteiger partial charge is 0.178 e. The van der Waals surface area contributed by atoms with Crippen LogP contribution in [0.4, 0.5) is 11.6 Å². The predicted molar refractivity (Wildman–Crippen MR) is 103 cm³/mol. The largest absolute Gasteiger partial charge is 0.411 e. The second-order valence-corrected chi connectivity index (χ2v) is 7.19. The van der Waals surface area contributed by atoms with E-state index in [-0.39, 0.29) is 6.04 Å². The van der Waals surface area contributed by atoms with E-state index in [2.05, 4.69) is 30.8 Å². The van der Waals surface area contributed by atoms with Gasteiger partial charge in [-0.3, -0.25) is 4.98 Å². The fourth-order valence-corrected chi connectivity index (χ4v) is 3.29. The summed E-state index contributed by atoms with van der Waals surface area (Å²) in [6, 6.07) is 7.60. The van der Waals surface area contributed by atoms with E-state index in [0.717, 1.165) is 28.2 Å². The lowest BCUT2D eigenvalue weighted by Crippen LogP contribution is -2.19. The molecule has 1 saturated carbocycles. The van der Waals surface area contributed by atoms with Crippen LogP contribution in [-0.4, -0.2) is 52.4 Å². The van der Waals surface area contributed by atoms with Gasteiger partial charge in [0.25, 0.3) is 0 Å². The van der Waals surface area contributed by atoms with E-state index in [1.54, 1.807) is 18.3 Å². The molecule has 4 heterocycles. The quantitative estimate of drug-likeness (QED) is 0.375. The first-order valence-corrected chi connectivity index (χ1v) is 9.22. The minimum absolute atomic E-state index is 0.00549. The van der Waals surface area contributed by atoms with Gasteiger partial charge in [-0.1, -0.05) is 9.69 Å². The number of fused-ring (bicyclic) bond motifs is 2. The van der Waals surface area contributed by atoms with Gasteiger partial charge in [-0.25, -0.2) is 4.98 Å². The van der Waals surface area contributed by atoms with Crippen molar-refractivity contribution in [1.29, 1.82) is 0 Å². The Hall–Kier alpha value is -3.56. The first-order chi connectivity index (χ1) is 13.6. The molecule has 28 heavy (non-hydrogen) atoms. The van der Waals surface area contributed by atoms with Crippen molar-refractivity contribution in [2.75, 3.05) is 10.6 Å². The van der Waals surface area contributed by atoms with Gasteiger partial charge < -0.3 is 21.0 Å². The maximum Gasteiger partial charge on any atom is 0.178 e. The van der Waals surface area contributed by atoms with Crippen molar-refractivity contribution in [1.82, 2.24) is 29.9 Å². The number of nitrogens with one attached hydrogen (secondary N) is 2. The molecule has 5 rings (SSSR count). The molecule has 4 aromatic rings. The number of anilines is 2. The number of hydrogen-bond acceptors (Lipinski definition) is 8. The SMILES string of the molecule is CC(Cc1ccc2c(n1)c(NC1CC1)nn2O)Nc1nn(O)c2cccnc12. The zero-order chi connectivity index (χ0) is 19.3. The average molecular weight is 380 g/mol. The second-order valence-electron chi connectivity index (χ2n) is 7.19. The van der Waals surface area contributed by atoms with Gasteiger partial charge in [0.15, 0.2) is 11.6 Å². The Kier molecular flexibility index (Phi) is 3.71. The minimum atomic E-state index is -0.00549. The van der Waals surface area contributed by atoms with Gasteiger partial charge in [0, 0.05) is 30.4 Å². The minimum Gasteiger partial charge on any atom is -0.411 e. The Balaban J connectivity index is 1.38. The Morgan fingerprint density at radius 2 is 1.82 bits per heavy atom. The van der Waals surface area contributed by atoms with Crippen molar-refractivity contribution >= 4 is 33.7 Å². The van der Waals surface area contributed by atoms with Crippen LogP contribution in [0.5, 0.6) is 0 Å². The third kappa shape index (κ3) is 2.92. The van der Waals surface area contributed by atoms with Gasteiger partial charge in [-0.05, 0) is 44.0 Å². The predicted octanol–water partition coefficient (Wildman–Crippen LogP) is 2.27. The highest BCUT2D eigenvalue weighted by Crippen LogP contribution is 2.28. The van der Waals surface area contributed by atoms with Crippen LogP contribution >= 0.6 is 0 Å². The summed E-state index contributed by atoms with van der Waals surface area (Å²) in [7, 11) is 0. The topological polar surface area (TPSA) is 126 Å². The molecule has 0 aliphatic heterocycles.